The van der Waals surface area contributed by atoms with Crippen LogP contribution in [-0.2, 0) is 0 Å². The van der Waals surface area contributed by atoms with Gasteiger partial charge in [0, 0.05) is 5.56 Å². The second kappa shape index (κ2) is 7.10. The van der Waals surface area contributed by atoms with Crippen LogP contribution in [0.2, 0.25) is 8.67 Å². The topological polar surface area (TPSA) is 0 Å². The third-order valence-corrected chi connectivity index (χ3v) is 4.96. The lowest BCUT2D eigenvalue weighted by Crippen LogP contribution is -2.06. The standard InChI is InChI=1S/C12H17Cl3S/c1-3-5-6-8(4-2)11(14)9-7-10(13)16-12(9)15/h7-8,11H,3-6H2,1-2H3. The minimum Gasteiger partial charge on any atom is -0.117 e. The average molecular weight is 300 g/mol. The number of hydrogen-bond acceptors (Lipinski definition) is 1. The van der Waals surface area contributed by atoms with Crippen molar-refractivity contribution in [2.75, 3.05) is 0 Å². The van der Waals surface area contributed by atoms with Crippen LogP contribution in [0.25, 0.3) is 0 Å². The highest BCUT2D eigenvalue weighted by Crippen LogP contribution is 2.42. The molecule has 2 unspecified atom stereocenters. The van der Waals surface area contributed by atoms with Gasteiger partial charge in [-0.15, -0.1) is 22.9 Å². The Morgan fingerprint density at radius 1 is 1.31 bits per heavy atom. The molecule has 0 nitrogen and oxygen atoms in total. The van der Waals surface area contributed by atoms with Crippen LogP contribution < -0.4 is 0 Å². The van der Waals surface area contributed by atoms with Gasteiger partial charge in [0.15, 0.2) is 0 Å². The van der Waals surface area contributed by atoms with Crippen LogP contribution in [0.15, 0.2) is 6.07 Å². The molecule has 1 aromatic heterocycles. The van der Waals surface area contributed by atoms with Crippen LogP contribution in [0, 0.1) is 5.92 Å². The van der Waals surface area contributed by atoms with Gasteiger partial charge in [0.1, 0.15) is 0 Å². The lowest BCUT2D eigenvalue weighted by molar-refractivity contribution is 0.437. The van der Waals surface area contributed by atoms with Gasteiger partial charge in [-0.05, 0) is 18.4 Å². The quantitative estimate of drug-likeness (QED) is 0.522. The van der Waals surface area contributed by atoms with Crippen LogP contribution in [0.5, 0.6) is 0 Å². The van der Waals surface area contributed by atoms with E-state index in [-0.39, 0.29) is 5.38 Å². The van der Waals surface area contributed by atoms with Gasteiger partial charge >= 0.3 is 0 Å². The van der Waals surface area contributed by atoms with Gasteiger partial charge in [-0.2, -0.15) is 0 Å². The molecule has 0 N–H and O–H groups in total. The second-order valence-corrected chi connectivity index (χ2v) is 6.75. The Morgan fingerprint density at radius 2 is 2.00 bits per heavy atom. The summed E-state index contributed by atoms with van der Waals surface area (Å²) < 4.78 is 1.45. The summed E-state index contributed by atoms with van der Waals surface area (Å²) in [6, 6.07) is 1.90. The van der Waals surface area contributed by atoms with Crippen molar-refractivity contribution in [2.45, 2.75) is 44.9 Å². The first-order valence-corrected chi connectivity index (χ1v) is 7.69. The van der Waals surface area contributed by atoms with Gasteiger partial charge in [0.25, 0.3) is 0 Å². The molecule has 0 saturated carbocycles. The molecule has 0 spiro atoms. The van der Waals surface area contributed by atoms with E-state index in [0.717, 1.165) is 27.1 Å². The van der Waals surface area contributed by atoms with E-state index in [2.05, 4.69) is 13.8 Å². The van der Waals surface area contributed by atoms with Crippen molar-refractivity contribution in [2.24, 2.45) is 5.92 Å². The van der Waals surface area contributed by atoms with Crippen LogP contribution in [0.4, 0.5) is 0 Å². The van der Waals surface area contributed by atoms with E-state index in [9.17, 15) is 0 Å². The Bertz CT molecular complexity index is 322. The molecule has 16 heavy (non-hydrogen) atoms. The van der Waals surface area contributed by atoms with Crippen molar-refractivity contribution >= 4 is 46.1 Å². The molecule has 2 atom stereocenters. The number of halogens is 3. The largest absolute Gasteiger partial charge is 0.117 e. The van der Waals surface area contributed by atoms with Crippen molar-refractivity contribution in [3.05, 3.63) is 20.3 Å². The summed E-state index contributed by atoms with van der Waals surface area (Å²) in [5.41, 5.74) is 1.00. The van der Waals surface area contributed by atoms with Crippen molar-refractivity contribution in [1.29, 1.82) is 0 Å². The molecule has 1 aromatic rings. The van der Waals surface area contributed by atoms with Gasteiger partial charge in [-0.25, -0.2) is 0 Å². The first kappa shape index (κ1) is 14.6. The lowest BCUT2D eigenvalue weighted by Gasteiger charge is -2.20. The van der Waals surface area contributed by atoms with E-state index in [1.807, 2.05) is 6.07 Å². The third kappa shape index (κ3) is 3.80. The molecular formula is C12H17Cl3S. The molecule has 1 rings (SSSR count). The number of alkyl halides is 1. The first-order valence-electron chi connectivity index (χ1n) is 5.68. The lowest BCUT2D eigenvalue weighted by atomic mass is 9.92. The van der Waals surface area contributed by atoms with Gasteiger partial charge in [0.05, 0.1) is 14.0 Å². The minimum atomic E-state index is -0.00667. The molecular weight excluding hydrogens is 283 g/mol. The van der Waals surface area contributed by atoms with Gasteiger partial charge in [-0.3, -0.25) is 0 Å². The fourth-order valence-electron chi connectivity index (χ4n) is 1.82. The normalized spacial score (nSPS) is 15.1. The molecule has 0 saturated heterocycles. The Hall–Kier alpha value is 0.570. The van der Waals surface area contributed by atoms with Gasteiger partial charge in [0.2, 0.25) is 0 Å². The highest BCUT2D eigenvalue weighted by molar-refractivity contribution is 7.20. The average Bonchev–Trinajstić information content (AvgIpc) is 2.58. The van der Waals surface area contributed by atoms with Gasteiger partial charge in [-0.1, -0.05) is 56.3 Å². The maximum atomic E-state index is 6.49. The maximum Gasteiger partial charge on any atom is 0.0991 e. The van der Waals surface area contributed by atoms with E-state index < -0.39 is 0 Å². The van der Waals surface area contributed by atoms with Crippen LogP contribution >= 0.6 is 46.1 Å². The van der Waals surface area contributed by atoms with Crippen LogP contribution in [-0.4, -0.2) is 0 Å². The summed E-state index contributed by atoms with van der Waals surface area (Å²) >= 11 is 19.9. The molecule has 0 aliphatic carbocycles. The summed E-state index contributed by atoms with van der Waals surface area (Å²) in [5, 5.41) is -0.00667. The van der Waals surface area contributed by atoms with E-state index >= 15 is 0 Å². The Morgan fingerprint density at radius 3 is 2.44 bits per heavy atom. The number of hydrogen-bond donors (Lipinski definition) is 0. The summed E-state index contributed by atoms with van der Waals surface area (Å²) in [7, 11) is 0. The van der Waals surface area contributed by atoms with Crippen molar-refractivity contribution in [1.82, 2.24) is 0 Å². The zero-order valence-corrected chi connectivity index (χ0v) is 12.7. The molecule has 0 amide bonds. The predicted molar refractivity (Wildman–Crippen MR) is 76.2 cm³/mol. The van der Waals surface area contributed by atoms with Crippen molar-refractivity contribution in [3.63, 3.8) is 0 Å². The Kier molecular flexibility index (Phi) is 6.50. The maximum absolute atomic E-state index is 6.49. The fraction of sp³-hybridized carbons (Fsp3) is 0.667. The number of unbranched alkanes of at least 4 members (excludes halogenated alkanes) is 1. The predicted octanol–water partition coefficient (Wildman–Crippen LogP) is 6.55. The molecule has 0 bridgehead atoms. The Labute approximate surface area is 117 Å². The number of thiophene rings is 1. The third-order valence-electron chi connectivity index (χ3n) is 2.85. The molecule has 0 aliphatic heterocycles. The Balaban J connectivity index is 2.74. The van der Waals surface area contributed by atoms with Crippen molar-refractivity contribution in [3.8, 4) is 0 Å². The zero-order chi connectivity index (χ0) is 12.1. The van der Waals surface area contributed by atoms with Gasteiger partial charge < -0.3 is 0 Å². The smallest absolute Gasteiger partial charge is 0.0991 e. The monoisotopic (exact) mass is 298 g/mol. The molecule has 0 aliphatic rings. The number of rotatable bonds is 6. The molecule has 92 valence electrons. The minimum absolute atomic E-state index is 0.00667. The molecule has 1 heterocycles. The molecule has 0 radical (unpaired) electrons. The molecule has 4 heteroatoms. The molecule has 0 aromatic carbocycles. The summed E-state index contributed by atoms with van der Waals surface area (Å²) in [6.07, 6.45) is 4.67. The summed E-state index contributed by atoms with van der Waals surface area (Å²) in [6.45, 7) is 4.38. The van der Waals surface area contributed by atoms with Crippen molar-refractivity contribution < 1.29 is 0 Å². The van der Waals surface area contributed by atoms with E-state index in [4.69, 9.17) is 34.8 Å². The van der Waals surface area contributed by atoms with E-state index in [1.54, 1.807) is 0 Å². The van der Waals surface area contributed by atoms with Crippen LogP contribution in [0.3, 0.4) is 0 Å². The van der Waals surface area contributed by atoms with E-state index in [1.165, 1.54) is 24.2 Å². The molecule has 0 fully saturated rings. The van der Waals surface area contributed by atoms with Crippen LogP contribution in [0.1, 0.15) is 50.5 Å². The summed E-state index contributed by atoms with van der Waals surface area (Å²) in [5.74, 6) is 0.491. The fourth-order valence-corrected chi connectivity index (χ4v) is 3.97. The highest BCUT2D eigenvalue weighted by Gasteiger charge is 2.22. The SMILES string of the molecule is CCCCC(CC)C(Cl)c1cc(Cl)sc1Cl. The second-order valence-electron chi connectivity index (χ2n) is 3.99. The highest BCUT2D eigenvalue weighted by atomic mass is 35.5. The van der Waals surface area contributed by atoms with E-state index in [0.29, 0.717) is 5.92 Å². The summed E-state index contributed by atoms with van der Waals surface area (Å²) in [4.78, 5) is 0. The zero-order valence-electron chi connectivity index (χ0n) is 9.60. The first-order chi connectivity index (χ1) is 7.60.